The van der Waals surface area contributed by atoms with Gasteiger partial charge >= 0.3 is 0 Å². The van der Waals surface area contributed by atoms with Gasteiger partial charge in [0.1, 0.15) is 4.21 Å². The zero-order chi connectivity index (χ0) is 14.8. The standard InChI is InChI=1S/C14H24N2O2S2/c1-4-11-9-13(11)16-20(17,18)14-6-5-12(19-14)7-8-15-10(2)3/h5-6,10-11,13,15-16H,4,7-9H2,1-3H3. The van der Waals surface area contributed by atoms with Crippen molar-refractivity contribution in [2.24, 2.45) is 5.92 Å². The number of nitrogens with one attached hydrogen (secondary N) is 2. The average molecular weight is 316 g/mol. The molecule has 2 N–H and O–H groups in total. The third-order valence-electron chi connectivity index (χ3n) is 3.58. The Morgan fingerprint density at radius 2 is 2.15 bits per heavy atom. The van der Waals surface area contributed by atoms with Gasteiger partial charge < -0.3 is 5.32 Å². The first kappa shape index (κ1) is 15.9. The zero-order valence-corrected chi connectivity index (χ0v) is 14.0. The lowest BCUT2D eigenvalue weighted by Crippen LogP contribution is -2.26. The lowest BCUT2D eigenvalue weighted by atomic mass is 10.3. The van der Waals surface area contributed by atoms with Gasteiger partial charge in [-0.3, -0.25) is 0 Å². The van der Waals surface area contributed by atoms with E-state index in [1.807, 2.05) is 6.07 Å². The van der Waals surface area contributed by atoms with E-state index in [-0.39, 0.29) is 6.04 Å². The molecule has 20 heavy (non-hydrogen) atoms. The molecule has 2 atom stereocenters. The van der Waals surface area contributed by atoms with E-state index in [4.69, 9.17) is 0 Å². The zero-order valence-electron chi connectivity index (χ0n) is 12.3. The SMILES string of the molecule is CCC1CC1NS(=O)(=O)c1ccc(CCNC(C)C)s1. The van der Waals surface area contributed by atoms with Crippen molar-refractivity contribution in [3.05, 3.63) is 17.0 Å². The fraction of sp³-hybridized carbons (Fsp3) is 0.714. The molecule has 0 radical (unpaired) electrons. The van der Waals surface area contributed by atoms with Crippen LogP contribution >= 0.6 is 11.3 Å². The third kappa shape index (κ3) is 4.28. The minimum Gasteiger partial charge on any atom is -0.314 e. The van der Waals surface area contributed by atoms with Crippen LogP contribution in [0.15, 0.2) is 16.3 Å². The molecule has 6 heteroatoms. The Balaban J connectivity index is 1.90. The van der Waals surface area contributed by atoms with Crippen molar-refractivity contribution in [1.82, 2.24) is 10.0 Å². The molecule has 1 fully saturated rings. The summed E-state index contributed by atoms with van der Waals surface area (Å²) in [5.41, 5.74) is 0. The molecule has 1 aliphatic rings. The summed E-state index contributed by atoms with van der Waals surface area (Å²) in [6, 6.07) is 4.26. The van der Waals surface area contributed by atoms with E-state index in [2.05, 4.69) is 30.8 Å². The lowest BCUT2D eigenvalue weighted by Gasteiger charge is -2.06. The summed E-state index contributed by atoms with van der Waals surface area (Å²) in [4.78, 5) is 1.11. The Morgan fingerprint density at radius 1 is 1.40 bits per heavy atom. The maximum Gasteiger partial charge on any atom is 0.250 e. The number of hydrogen-bond acceptors (Lipinski definition) is 4. The molecular formula is C14H24N2O2S2. The quantitative estimate of drug-likeness (QED) is 0.774. The molecule has 0 amide bonds. The summed E-state index contributed by atoms with van der Waals surface area (Å²) in [7, 11) is -3.31. The highest BCUT2D eigenvalue weighted by atomic mass is 32.2. The van der Waals surface area contributed by atoms with E-state index in [9.17, 15) is 8.42 Å². The Bertz CT molecular complexity index is 537. The molecule has 0 aromatic carbocycles. The summed E-state index contributed by atoms with van der Waals surface area (Å²) in [6.07, 6.45) is 2.90. The predicted octanol–water partition coefficient (Wildman–Crippen LogP) is 2.37. The fourth-order valence-electron chi connectivity index (χ4n) is 2.22. The van der Waals surface area contributed by atoms with E-state index in [0.29, 0.717) is 16.2 Å². The maximum atomic E-state index is 12.2. The van der Waals surface area contributed by atoms with Gasteiger partial charge in [-0.15, -0.1) is 11.3 Å². The Morgan fingerprint density at radius 3 is 2.75 bits per heavy atom. The van der Waals surface area contributed by atoms with E-state index < -0.39 is 10.0 Å². The van der Waals surface area contributed by atoms with Crippen molar-refractivity contribution >= 4 is 21.4 Å². The van der Waals surface area contributed by atoms with Crippen molar-refractivity contribution in [2.45, 2.75) is 56.3 Å². The predicted molar refractivity (Wildman–Crippen MR) is 83.7 cm³/mol. The van der Waals surface area contributed by atoms with Crippen LogP contribution in [0.5, 0.6) is 0 Å². The van der Waals surface area contributed by atoms with Crippen LogP contribution in [-0.2, 0) is 16.4 Å². The Kier molecular flexibility index (Phi) is 5.23. The summed E-state index contributed by atoms with van der Waals surface area (Å²) in [5, 5.41) is 3.34. The maximum absolute atomic E-state index is 12.2. The average Bonchev–Trinajstić information content (AvgIpc) is 2.91. The molecule has 1 saturated carbocycles. The number of hydrogen-bond donors (Lipinski definition) is 2. The molecule has 0 bridgehead atoms. The van der Waals surface area contributed by atoms with E-state index in [1.165, 1.54) is 11.3 Å². The molecule has 0 aliphatic heterocycles. The minimum atomic E-state index is -3.31. The highest BCUT2D eigenvalue weighted by Crippen LogP contribution is 2.35. The van der Waals surface area contributed by atoms with Crippen molar-refractivity contribution in [3.8, 4) is 0 Å². The molecule has 4 nitrogen and oxygen atoms in total. The largest absolute Gasteiger partial charge is 0.314 e. The molecule has 114 valence electrons. The first-order valence-corrected chi connectivity index (χ1v) is 9.56. The first-order chi connectivity index (χ1) is 9.42. The van der Waals surface area contributed by atoms with Gasteiger partial charge in [-0.1, -0.05) is 27.2 Å². The number of sulfonamides is 1. The van der Waals surface area contributed by atoms with Gasteiger partial charge in [-0.05, 0) is 30.9 Å². The van der Waals surface area contributed by atoms with Crippen molar-refractivity contribution in [3.63, 3.8) is 0 Å². The smallest absolute Gasteiger partial charge is 0.250 e. The van der Waals surface area contributed by atoms with Crippen molar-refractivity contribution in [2.75, 3.05) is 6.54 Å². The van der Waals surface area contributed by atoms with Gasteiger partial charge in [-0.25, -0.2) is 13.1 Å². The topological polar surface area (TPSA) is 58.2 Å². The highest BCUT2D eigenvalue weighted by Gasteiger charge is 2.38. The van der Waals surface area contributed by atoms with Crippen molar-refractivity contribution < 1.29 is 8.42 Å². The lowest BCUT2D eigenvalue weighted by molar-refractivity contribution is 0.578. The van der Waals surface area contributed by atoms with Gasteiger partial charge in [0, 0.05) is 23.5 Å². The van der Waals surface area contributed by atoms with E-state index in [1.54, 1.807) is 6.07 Å². The van der Waals surface area contributed by atoms with Gasteiger partial charge in [0.05, 0.1) is 0 Å². The fourth-order valence-corrected chi connectivity index (χ4v) is 4.91. The van der Waals surface area contributed by atoms with Crippen LogP contribution in [0.2, 0.25) is 0 Å². The summed E-state index contributed by atoms with van der Waals surface area (Å²) in [5.74, 6) is 0.527. The second-order valence-electron chi connectivity index (χ2n) is 5.71. The van der Waals surface area contributed by atoms with Crippen LogP contribution < -0.4 is 10.0 Å². The van der Waals surface area contributed by atoms with E-state index in [0.717, 1.165) is 30.7 Å². The normalized spacial score (nSPS) is 22.4. The monoisotopic (exact) mass is 316 g/mol. The van der Waals surface area contributed by atoms with Gasteiger partial charge in [0.15, 0.2) is 0 Å². The summed E-state index contributed by atoms with van der Waals surface area (Å²) in [6.45, 7) is 7.19. The molecule has 0 saturated heterocycles. The third-order valence-corrected chi connectivity index (χ3v) is 6.71. The summed E-state index contributed by atoms with van der Waals surface area (Å²) >= 11 is 1.38. The molecule has 1 aromatic rings. The number of rotatable bonds is 8. The molecule has 0 spiro atoms. The van der Waals surface area contributed by atoms with Crippen molar-refractivity contribution in [1.29, 1.82) is 0 Å². The van der Waals surface area contributed by atoms with Crippen LogP contribution in [0.25, 0.3) is 0 Å². The highest BCUT2D eigenvalue weighted by molar-refractivity contribution is 7.91. The number of thiophene rings is 1. The van der Waals surface area contributed by atoms with Crippen LogP contribution in [-0.4, -0.2) is 27.0 Å². The van der Waals surface area contributed by atoms with Gasteiger partial charge in [0.2, 0.25) is 10.0 Å². The minimum absolute atomic E-state index is 0.151. The Hall–Kier alpha value is -0.430. The molecule has 2 unspecified atom stereocenters. The van der Waals surface area contributed by atoms with Gasteiger partial charge in [0.25, 0.3) is 0 Å². The van der Waals surface area contributed by atoms with Gasteiger partial charge in [-0.2, -0.15) is 0 Å². The molecule has 1 aromatic heterocycles. The molecular weight excluding hydrogens is 292 g/mol. The van der Waals surface area contributed by atoms with Crippen LogP contribution in [0.3, 0.4) is 0 Å². The molecule has 1 aliphatic carbocycles. The molecule has 2 rings (SSSR count). The molecule has 1 heterocycles. The van der Waals surface area contributed by atoms with Crippen LogP contribution in [0, 0.1) is 5.92 Å². The Labute approximate surface area is 126 Å². The van der Waals surface area contributed by atoms with Crippen LogP contribution in [0.4, 0.5) is 0 Å². The first-order valence-electron chi connectivity index (χ1n) is 7.26. The second kappa shape index (κ2) is 6.56. The second-order valence-corrected chi connectivity index (χ2v) is 8.82. The van der Waals surface area contributed by atoms with E-state index >= 15 is 0 Å². The van der Waals surface area contributed by atoms with Crippen LogP contribution in [0.1, 0.15) is 38.5 Å². The summed E-state index contributed by atoms with van der Waals surface area (Å²) < 4.78 is 27.7.